The lowest BCUT2D eigenvalue weighted by Gasteiger charge is -2.09. The summed E-state index contributed by atoms with van der Waals surface area (Å²) in [6.45, 7) is 5.90. The molecule has 2 heterocycles. The van der Waals surface area contributed by atoms with Gasteiger partial charge in [-0.3, -0.25) is 9.89 Å². The van der Waals surface area contributed by atoms with Crippen molar-refractivity contribution in [3.8, 4) is 0 Å². The van der Waals surface area contributed by atoms with Crippen molar-refractivity contribution in [3.05, 3.63) is 57.3 Å². The number of aromatic nitrogens is 4. The van der Waals surface area contributed by atoms with Crippen LogP contribution < -0.4 is 5.56 Å². The molecule has 0 saturated carbocycles. The van der Waals surface area contributed by atoms with Crippen molar-refractivity contribution in [1.82, 2.24) is 20.2 Å². The van der Waals surface area contributed by atoms with Gasteiger partial charge in [0.05, 0.1) is 5.69 Å². The summed E-state index contributed by atoms with van der Waals surface area (Å²) < 4.78 is 0. The SMILES string of the molecule is Cc1ccc(C(C)c2n[nH]c3c(=O)[nH]c(C)nc23)cc1. The fourth-order valence-corrected chi connectivity index (χ4v) is 2.36. The predicted molar refractivity (Wildman–Crippen MR) is 77.9 cm³/mol. The Morgan fingerprint density at radius 3 is 2.55 bits per heavy atom. The fourth-order valence-electron chi connectivity index (χ4n) is 2.36. The Morgan fingerprint density at radius 2 is 1.85 bits per heavy atom. The van der Waals surface area contributed by atoms with E-state index < -0.39 is 0 Å². The standard InChI is InChI=1S/C15H16N4O/c1-8-4-6-11(7-5-8)9(2)12-13-14(19-18-12)15(20)17-10(3)16-13/h4-7,9H,1-3H3,(H,18,19)(H,16,17,20). The first-order valence-electron chi connectivity index (χ1n) is 6.57. The van der Waals surface area contributed by atoms with Gasteiger partial charge in [0.1, 0.15) is 16.9 Å². The number of hydrogen-bond acceptors (Lipinski definition) is 3. The van der Waals surface area contributed by atoms with Gasteiger partial charge in [0.15, 0.2) is 0 Å². The number of aryl methyl sites for hydroxylation is 2. The highest BCUT2D eigenvalue weighted by Crippen LogP contribution is 2.26. The molecule has 5 nitrogen and oxygen atoms in total. The summed E-state index contributed by atoms with van der Waals surface area (Å²) in [5.41, 5.74) is 4.09. The Balaban J connectivity index is 2.14. The van der Waals surface area contributed by atoms with E-state index in [1.165, 1.54) is 5.56 Å². The minimum absolute atomic E-state index is 0.0815. The number of nitrogens with zero attached hydrogens (tertiary/aromatic N) is 2. The van der Waals surface area contributed by atoms with Crippen LogP contribution in [0.1, 0.15) is 35.5 Å². The van der Waals surface area contributed by atoms with Gasteiger partial charge in [-0.2, -0.15) is 5.10 Å². The molecule has 1 unspecified atom stereocenters. The van der Waals surface area contributed by atoms with Gasteiger partial charge in [0.25, 0.3) is 5.56 Å². The first kappa shape index (κ1) is 12.6. The van der Waals surface area contributed by atoms with Crippen LogP contribution in [-0.2, 0) is 0 Å². The Bertz CT molecular complexity index is 814. The summed E-state index contributed by atoms with van der Waals surface area (Å²) in [6, 6.07) is 8.32. The highest BCUT2D eigenvalue weighted by atomic mass is 16.1. The Labute approximate surface area is 116 Å². The van der Waals surface area contributed by atoms with Crippen LogP contribution in [0.3, 0.4) is 0 Å². The normalized spacial score (nSPS) is 12.8. The zero-order valence-corrected chi connectivity index (χ0v) is 11.7. The van der Waals surface area contributed by atoms with Gasteiger partial charge < -0.3 is 4.98 Å². The number of fused-ring (bicyclic) bond motifs is 1. The second-order valence-corrected chi connectivity index (χ2v) is 5.12. The highest BCUT2D eigenvalue weighted by Gasteiger charge is 2.18. The van der Waals surface area contributed by atoms with Gasteiger partial charge in [-0.25, -0.2) is 4.98 Å². The summed E-state index contributed by atoms with van der Waals surface area (Å²) in [4.78, 5) is 18.9. The molecular weight excluding hydrogens is 252 g/mol. The van der Waals surface area contributed by atoms with E-state index in [9.17, 15) is 4.79 Å². The molecular formula is C15H16N4O. The molecule has 0 amide bonds. The van der Waals surface area contributed by atoms with E-state index in [2.05, 4.69) is 58.3 Å². The Morgan fingerprint density at radius 1 is 1.15 bits per heavy atom. The number of rotatable bonds is 2. The summed E-state index contributed by atoms with van der Waals surface area (Å²) in [6.07, 6.45) is 0. The van der Waals surface area contributed by atoms with E-state index in [-0.39, 0.29) is 11.5 Å². The van der Waals surface area contributed by atoms with Crippen LogP contribution in [0, 0.1) is 13.8 Å². The van der Waals surface area contributed by atoms with Gasteiger partial charge in [-0.15, -0.1) is 0 Å². The van der Waals surface area contributed by atoms with E-state index in [0.717, 1.165) is 11.3 Å². The lowest BCUT2D eigenvalue weighted by atomic mass is 9.96. The topological polar surface area (TPSA) is 74.4 Å². The minimum Gasteiger partial charge on any atom is -0.309 e. The molecule has 1 atom stereocenters. The van der Waals surface area contributed by atoms with Gasteiger partial charge in [-0.05, 0) is 19.4 Å². The van der Waals surface area contributed by atoms with E-state index in [4.69, 9.17) is 0 Å². The van der Waals surface area contributed by atoms with Crippen molar-refractivity contribution in [2.24, 2.45) is 0 Å². The van der Waals surface area contributed by atoms with E-state index in [1.54, 1.807) is 6.92 Å². The highest BCUT2D eigenvalue weighted by molar-refractivity contribution is 5.76. The molecule has 3 aromatic rings. The summed E-state index contributed by atoms with van der Waals surface area (Å²) in [7, 11) is 0. The molecule has 0 aliphatic heterocycles. The molecule has 0 spiro atoms. The first-order chi connectivity index (χ1) is 9.56. The van der Waals surface area contributed by atoms with Gasteiger partial charge in [0, 0.05) is 5.92 Å². The second-order valence-electron chi connectivity index (χ2n) is 5.12. The largest absolute Gasteiger partial charge is 0.309 e. The quantitative estimate of drug-likeness (QED) is 0.749. The molecule has 0 aliphatic rings. The van der Waals surface area contributed by atoms with Crippen molar-refractivity contribution < 1.29 is 0 Å². The van der Waals surface area contributed by atoms with Gasteiger partial charge in [-0.1, -0.05) is 36.8 Å². The molecule has 102 valence electrons. The molecule has 0 radical (unpaired) electrons. The van der Waals surface area contributed by atoms with Crippen LogP contribution in [0.15, 0.2) is 29.1 Å². The zero-order chi connectivity index (χ0) is 14.3. The summed E-state index contributed by atoms with van der Waals surface area (Å²) in [5, 5.41) is 7.08. The van der Waals surface area contributed by atoms with E-state index >= 15 is 0 Å². The summed E-state index contributed by atoms with van der Waals surface area (Å²) >= 11 is 0. The third kappa shape index (κ3) is 2.01. The number of benzene rings is 1. The average Bonchev–Trinajstić information content (AvgIpc) is 2.82. The zero-order valence-electron chi connectivity index (χ0n) is 11.7. The van der Waals surface area contributed by atoms with Crippen molar-refractivity contribution >= 4 is 11.0 Å². The molecule has 2 aromatic heterocycles. The van der Waals surface area contributed by atoms with Crippen LogP contribution in [0.25, 0.3) is 11.0 Å². The number of hydrogen-bond donors (Lipinski definition) is 2. The monoisotopic (exact) mass is 268 g/mol. The van der Waals surface area contributed by atoms with Crippen LogP contribution in [0.5, 0.6) is 0 Å². The molecule has 0 fully saturated rings. The maximum Gasteiger partial charge on any atom is 0.276 e. The lowest BCUT2D eigenvalue weighted by Crippen LogP contribution is -2.09. The smallest absolute Gasteiger partial charge is 0.276 e. The molecule has 5 heteroatoms. The van der Waals surface area contributed by atoms with Crippen molar-refractivity contribution in [1.29, 1.82) is 0 Å². The lowest BCUT2D eigenvalue weighted by molar-refractivity contribution is 0.858. The van der Waals surface area contributed by atoms with Crippen molar-refractivity contribution in [2.75, 3.05) is 0 Å². The molecule has 0 aliphatic carbocycles. The Hall–Kier alpha value is -2.43. The molecule has 1 aromatic carbocycles. The molecule has 20 heavy (non-hydrogen) atoms. The molecule has 3 rings (SSSR count). The second kappa shape index (κ2) is 4.59. The van der Waals surface area contributed by atoms with Crippen molar-refractivity contribution in [2.45, 2.75) is 26.7 Å². The maximum atomic E-state index is 11.8. The number of nitrogens with one attached hydrogen (secondary N) is 2. The molecule has 0 saturated heterocycles. The van der Waals surface area contributed by atoms with E-state index in [1.807, 2.05) is 0 Å². The Kier molecular flexibility index (Phi) is 2.89. The van der Waals surface area contributed by atoms with Gasteiger partial charge >= 0.3 is 0 Å². The van der Waals surface area contributed by atoms with E-state index in [0.29, 0.717) is 16.9 Å². The minimum atomic E-state index is -0.178. The maximum absolute atomic E-state index is 11.8. The average molecular weight is 268 g/mol. The third-order valence-electron chi connectivity index (χ3n) is 3.56. The number of H-pyrrole nitrogens is 2. The molecule has 0 bridgehead atoms. The third-order valence-corrected chi connectivity index (χ3v) is 3.56. The van der Waals surface area contributed by atoms with Crippen LogP contribution in [-0.4, -0.2) is 20.2 Å². The number of aromatic amines is 2. The van der Waals surface area contributed by atoms with Gasteiger partial charge in [0.2, 0.25) is 0 Å². The van der Waals surface area contributed by atoms with Crippen molar-refractivity contribution in [3.63, 3.8) is 0 Å². The van der Waals surface area contributed by atoms with Crippen LogP contribution in [0.2, 0.25) is 0 Å². The van der Waals surface area contributed by atoms with Crippen LogP contribution in [0.4, 0.5) is 0 Å². The predicted octanol–water partition coefficient (Wildman–Crippen LogP) is 2.41. The first-order valence-corrected chi connectivity index (χ1v) is 6.57. The summed E-state index contributed by atoms with van der Waals surface area (Å²) in [5.74, 6) is 0.680. The fraction of sp³-hybridized carbons (Fsp3) is 0.267. The van der Waals surface area contributed by atoms with Crippen LogP contribution >= 0.6 is 0 Å². The molecule has 2 N–H and O–H groups in total.